The number of nitrogens with one attached hydrogen (secondary N) is 2. The zero-order valence-corrected chi connectivity index (χ0v) is 15.3. The molecule has 0 heterocycles. The molecule has 138 valence electrons. The van der Waals surface area contributed by atoms with Gasteiger partial charge in [-0.2, -0.15) is 5.26 Å². The predicted molar refractivity (Wildman–Crippen MR) is 94.0 cm³/mol. The minimum Gasteiger partial charge on any atom is -0.446 e. The Morgan fingerprint density at radius 2 is 2.00 bits per heavy atom. The number of rotatable bonds is 6. The number of ether oxygens (including phenoxy) is 1. The molecule has 1 aromatic carbocycles. The summed E-state index contributed by atoms with van der Waals surface area (Å²) in [6.45, 7) is 8.44. The number of hydrogen-bond donors (Lipinski definition) is 3. The highest BCUT2D eigenvalue weighted by atomic mass is 19.1. The van der Waals surface area contributed by atoms with Gasteiger partial charge in [-0.15, -0.1) is 0 Å². The lowest BCUT2D eigenvalue weighted by Gasteiger charge is -2.23. The highest BCUT2D eigenvalue weighted by Crippen LogP contribution is 2.22. The van der Waals surface area contributed by atoms with Gasteiger partial charge in [0.2, 0.25) is 0 Å². The van der Waals surface area contributed by atoms with Gasteiger partial charge in [0.05, 0.1) is 17.7 Å². The van der Waals surface area contributed by atoms with Gasteiger partial charge in [-0.25, -0.2) is 9.18 Å². The molecule has 7 heteroatoms. The largest absolute Gasteiger partial charge is 0.446 e. The highest BCUT2D eigenvalue weighted by molar-refractivity contribution is 5.85. The van der Waals surface area contributed by atoms with E-state index in [9.17, 15) is 19.6 Å². The maximum Gasteiger partial charge on any atom is 0.411 e. The Bertz CT molecular complexity index is 642. The first kappa shape index (κ1) is 20.9. The van der Waals surface area contributed by atoms with Crippen LogP contribution in [0, 0.1) is 11.3 Å². The van der Waals surface area contributed by atoms with Crippen molar-refractivity contribution in [1.82, 2.24) is 5.32 Å². The fraction of sp³-hybridized carbons (Fsp3) is 0.556. The molecule has 0 aliphatic rings. The van der Waals surface area contributed by atoms with E-state index in [1.807, 2.05) is 26.8 Å². The summed E-state index contributed by atoms with van der Waals surface area (Å²) in [5.41, 5.74) is -0.750. The average molecular weight is 351 g/mol. The van der Waals surface area contributed by atoms with Crippen LogP contribution in [0.4, 0.5) is 14.9 Å². The molecule has 0 aliphatic carbocycles. The third-order valence-electron chi connectivity index (χ3n) is 3.15. The second-order valence-electron chi connectivity index (χ2n) is 7.48. The molecule has 1 aromatic rings. The average Bonchev–Trinajstić information content (AvgIpc) is 2.49. The monoisotopic (exact) mass is 351 g/mol. The Morgan fingerprint density at radius 3 is 2.52 bits per heavy atom. The van der Waals surface area contributed by atoms with Crippen molar-refractivity contribution in [2.75, 3.05) is 18.5 Å². The number of aliphatic hydroxyl groups excluding tert-OH is 1. The molecule has 0 saturated heterocycles. The van der Waals surface area contributed by atoms with Crippen LogP contribution in [0.1, 0.15) is 51.8 Å². The normalized spacial score (nSPS) is 13.0. The van der Waals surface area contributed by atoms with Crippen LogP contribution in [0.3, 0.4) is 0 Å². The Kier molecular flexibility index (Phi) is 6.91. The van der Waals surface area contributed by atoms with E-state index in [-0.39, 0.29) is 17.7 Å². The van der Waals surface area contributed by atoms with Gasteiger partial charge in [-0.1, -0.05) is 6.07 Å². The van der Waals surface area contributed by atoms with Gasteiger partial charge < -0.3 is 15.2 Å². The molecule has 0 saturated carbocycles. The molecule has 0 aliphatic heterocycles. The van der Waals surface area contributed by atoms with Gasteiger partial charge in [-0.3, -0.25) is 5.32 Å². The van der Waals surface area contributed by atoms with E-state index in [0.717, 1.165) is 0 Å². The van der Waals surface area contributed by atoms with Gasteiger partial charge in [0.25, 0.3) is 0 Å². The number of aliphatic hydroxyl groups is 1. The topological polar surface area (TPSA) is 94.4 Å². The van der Waals surface area contributed by atoms with Gasteiger partial charge in [0.15, 0.2) is 0 Å². The zero-order valence-electron chi connectivity index (χ0n) is 15.3. The first-order valence-electron chi connectivity index (χ1n) is 8.01. The molecule has 0 fully saturated rings. The Labute approximate surface area is 148 Å². The van der Waals surface area contributed by atoms with E-state index >= 15 is 0 Å². The lowest BCUT2D eigenvalue weighted by molar-refractivity contribution is 0.0799. The summed E-state index contributed by atoms with van der Waals surface area (Å²) in [5, 5.41) is 25.2. The molecular formula is C18H26FN3O3. The number of halogens is 1. The number of nitriles is 1. The van der Waals surface area contributed by atoms with Crippen molar-refractivity contribution in [3.63, 3.8) is 0 Å². The van der Waals surface area contributed by atoms with E-state index in [1.54, 1.807) is 12.1 Å². The maximum atomic E-state index is 13.3. The summed E-state index contributed by atoms with van der Waals surface area (Å²) in [7, 11) is 0. The summed E-state index contributed by atoms with van der Waals surface area (Å²) in [4.78, 5) is 11.6. The second-order valence-corrected chi connectivity index (χ2v) is 7.48. The Hall–Kier alpha value is -2.17. The predicted octanol–water partition coefficient (Wildman–Crippen LogP) is 3.28. The molecule has 0 spiro atoms. The van der Waals surface area contributed by atoms with Crippen molar-refractivity contribution in [3.8, 4) is 6.07 Å². The standard InChI is InChI=1S/C18H26FN3O3/c1-17(2,3)21-10-15(23)14-7-6-13(8-12(14)9-20)22-16(24)25-11-18(4,5)19/h6-8,15,21,23H,10-11H2,1-5H3,(H,22,24). The van der Waals surface area contributed by atoms with Crippen LogP contribution in [0.2, 0.25) is 0 Å². The SMILES string of the molecule is CC(C)(F)COC(=O)Nc1ccc(C(O)CNC(C)(C)C)c(C#N)c1. The summed E-state index contributed by atoms with van der Waals surface area (Å²) >= 11 is 0. The highest BCUT2D eigenvalue weighted by Gasteiger charge is 2.19. The number of nitrogens with zero attached hydrogens (tertiary/aromatic N) is 1. The van der Waals surface area contributed by atoms with Crippen LogP contribution in [0.5, 0.6) is 0 Å². The number of hydrogen-bond acceptors (Lipinski definition) is 5. The molecule has 1 unspecified atom stereocenters. The molecule has 1 atom stereocenters. The summed E-state index contributed by atoms with van der Waals surface area (Å²) < 4.78 is 18.1. The first-order valence-corrected chi connectivity index (χ1v) is 8.01. The number of anilines is 1. The quantitative estimate of drug-likeness (QED) is 0.731. The second kappa shape index (κ2) is 8.28. The minimum atomic E-state index is -1.62. The first-order chi connectivity index (χ1) is 11.4. The number of benzene rings is 1. The summed E-state index contributed by atoms with van der Waals surface area (Å²) in [6, 6.07) is 6.57. The summed E-state index contributed by atoms with van der Waals surface area (Å²) in [6.07, 6.45) is -1.67. The maximum absolute atomic E-state index is 13.3. The molecule has 0 aromatic heterocycles. The van der Waals surface area contributed by atoms with Crippen molar-refractivity contribution in [2.24, 2.45) is 0 Å². The van der Waals surface area contributed by atoms with E-state index in [4.69, 9.17) is 4.74 Å². The molecule has 1 rings (SSSR count). The van der Waals surface area contributed by atoms with Crippen LogP contribution in [0.25, 0.3) is 0 Å². The van der Waals surface area contributed by atoms with Crippen molar-refractivity contribution in [3.05, 3.63) is 29.3 Å². The lowest BCUT2D eigenvalue weighted by Crippen LogP contribution is -2.38. The third kappa shape index (κ3) is 7.96. The smallest absolute Gasteiger partial charge is 0.411 e. The van der Waals surface area contributed by atoms with Crippen LogP contribution >= 0.6 is 0 Å². The van der Waals surface area contributed by atoms with Crippen LogP contribution in [-0.4, -0.2) is 35.6 Å². The van der Waals surface area contributed by atoms with Gasteiger partial charge in [0.1, 0.15) is 12.3 Å². The summed E-state index contributed by atoms with van der Waals surface area (Å²) in [5.74, 6) is 0. The van der Waals surface area contributed by atoms with Crippen molar-refractivity contribution in [2.45, 2.75) is 51.9 Å². The van der Waals surface area contributed by atoms with Gasteiger partial charge in [-0.05, 0) is 52.3 Å². The Morgan fingerprint density at radius 1 is 1.36 bits per heavy atom. The molecule has 3 N–H and O–H groups in total. The Balaban J connectivity index is 2.78. The van der Waals surface area contributed by atoms with Crippen molar-refractivity contribution < 1.29 is 19.0 Å². The van der Waals surface area contributed by atoms with E-state index in [2.05, 4.69) is 10.6 Å². The van der Waals surface area contributed by atoms with Gasteiger partial charge in [0, 0.05) is 17.8 Å². The molecule has 6 nitrogen and oxygen atoms in total. The zero-order chi connectivity index (χ0) is 19.3. The molecule has 1 amide bonds. The minimum absolute atomic E-state index is 0.163. The molecule has 0 bridgehead atoms. The van der Waals surface area contributed by atoms with Gasteiger partial charge >= 0.3 is 6.09 Å². The number of β-amino-alcohol motifs (C(OH)–C–C–N with tert-alkyl or cyclic N) is 1. The van der Waals surface area contributed by atoms with Crippen LogP contribution in [-0.2, 0) is 4.74 Å². The third-order valence-corrected chi connectivity index (χ3v) is 3.15. The van der Waals surface area contributed by atoms with E-state index < -0.39 is 17.9 Å². The molecule has 25 heavy (non-hydrogen) atoms. The fourth-order valence-electron chi connectivity index (χ4n) is 1.93. The van der Waals surface area contributed by atoms with Crippen LogP contribution in [0.15, 0.2) is 18.2 Å². The van der Waals surface area contributed by atoms with Crippen LogP contribution < -0.4 is 10.6 Å². The molecule has 0 radical (unpaired) electrons. The number of carbonyl (C=O) groups excluding carboxylic acids is 1. The van der Waals surface area contributed by atoms with Crippen molar-refractivity contribution >= 4 is 11.8 Å². The fourth-order valence-corrected chi connectivity index (χ4v) is 1.93. The van der Waals surface area contributed by atoms with E-state index in [0.29, 0.717) is 17.8 Å². The lowest BCUT2D eigenvalue weighted by atomic mass is 10.0. The number of carbonyl (C=O) groups is 1. The molecular weight excluding hydrogens is 325 g/mol. The number of alkyl halides is 1. The van der Waals surface area contributed by atoms with Crippen molar-refractivity contribution in [1.29, 1.82) is 5.26 Å². The number of amides is 1. The van der Waals surface area contributed by atoms with E-state index in [1.165, 1.54) is 19.9 Å².